The molecule has 3 rings (SSSR count). The van der Waals surface area contributed by atoms with Crippen molar-refractivity contribution in [3.63, 3.8) is 0 Å². The molecule has 21 heavy (non-hydrogen) atoms. The molecule has 0 N–H and O–H groups in total. The molecule has 110 valence electrons. The lowest BCUT2D eigenvalue weighted by molar-refractivity contribution is 0.0990. The number of aromatic nitrogens is 4. The first-order valence-electron chi connectivity index (χ1n) is 7.51. The zero-order valence-corrected chi connectivity index (χ0v) is 12.5. The maximum Gasteiger partial charge on any atom is 0.170 e. The van der Waals surface area contributed by atoms with Gasteiger partial charge < -0.3 is 0 Å². The lowest BCUT2D eigenvalue weighted by Crippen LogP contribution is -2.10. The van der Waals surface area contributed by atoms with Crippen LogP contribution in [0, 0.1) is 13.8 Å². The molecule has 0 aromatic carbocycles. The molecule has 0 radical (unpaired) electrons. The van der Waals surface area contributed by atoms with Gasteiger partial charge in [-0.15, -0.1) is 0 Å². The summed E-state index contributed by atoms with van der Waals surface area (Å²) in [5.74, 6) is 0.0576. The summed E-state index contributed by atoms with van der Waals surface area (Å²) in [5.41, 5.74) is 2.93. The quantitative estimate of drug-likeness (QED) is 0.810. The van der Waals surface area contributed by atoms with Crippen LogP contribution in [0.4, 0.5) is 0 Å². The van der Waals surface area contributed by atoms with Crippen LogP contribution < -0.4 is 0 Å². The van der Waals surface area contributed by atoms with E-state index in [1.807, 2.05) is 30.8 Å². The van der Waals surface area contributed by atoms with Crippen molar-refractivity contribution in [2.24, 2.45) is 0 Å². The van der Waals surface area contributed by atoms with Crippen LogP contribution in [0.15, 0.2) is 18.3 Å². The molecule has 0 bridgehead atoms. The number of rotatable bonds is 4. The summed E-state index contributed by atoms with van der Waals surface area (Å²) in [6, 6.07) is 4.27. The molecule has 1 aliphatic carbocycles. The van der Waals surface area contributed by atoms with E-state index in [-0.39, 0.29) is 5.78 Å². The summed E-state index contributed by atoms with van der Waals surface area (Å²) < 4.78 is 2.03. The van der Waals surface area contributed by atoms with Crippen molar-refractivity contribution in [1.29, 1.82) is 0 Å². The van der Waals surface area contributed by atoms with Crippen molar-refractivity contribution >= 4 is 5.78 Å². The molecule has 0 amide bonds. The Morgan fingerprint density at radius 2 is 2.05 bits per heavy atom. The van der Waals surface area contributed by atoms with Crippen molar-refractivity contribution in [2.45, 2.75) is 52.0 Å². The second-order valence-corrected chi connectivity index (χ2v) is 5.81. The number of aryl methyl sites for hydroxylation is 2. The molecule has 2 aromatic heterocycles. The number of carbonyl (C=O) groups is 1. The highest BCUT2D eigenvalue weighted by Crippen LogP contribution is 2.28. The first-order chi connectivity index (χ1) is 10.1. The van der Waals surface area contributed by atoms with Crippen LogP contribution in [0.2, 0.25) is 0 Å². The number of hydrogen-bond donors (Lipinski definition) is 0. The largest absolute Gasteiger partial charge is 0.294 e. The molecule has 1 saturated carbocycles. The van der Waals surface area contributed by atoms with Gasteiger partial charge in [0.2, 0.25) is 0 Å². The standard InChI is InChI=1S/C16H20N4O/c1-11-9-15(12(2)18-17-11)16(21)10-13-7-8-20(19-13)14-5-3-4-6-14/h7-9,14H,3-6,10H2,1-2H3. The normalized spacial score (nSPS) is 15.5. The van der Waals surface area contributed by atoms with Crippen molar-refractivity contribution in [1.82, 2.24) is 20.0 Å². The van der Waals surface area contributed by atoms with Crippen LogP contribution in [-0.4, -0.2) is 25.8 Å². The third-order valence-corrected chi connectivity index (χ3v) is 4.11. The van der Waals surface area contributed by atoms with E-state index in [9.17, 15) is 4.79 Å². The van der Waals surface area contributed by atoms with Gasteiger partial charge in [-0.2, -0.15) is 15.3 Å². The van der Waals surface area contributed by atoms with E-state index in [0.29, 0.717) is 23.7 Å². The molecule has 0 spiro atoms. The number of carbonyl (C=O) groups excluding carboxylic acids is 1. The minimum absolute atomic E-state index is 0.0576. The molecule has 0 atom stereocenters. The second-order valence-electron chi connectivity index (χ2n) is 5.81. The number of nitrogens with zero attached hydrogens (tertiary/aromatic N) is 4. The number of Topliss-reactive ketones (excluding diaryl/α,β-unsaturated/α-hetero) is 1. The van der Waals surface area contributed by atoms with Crippen molar-refractivity contribution in [2.75, 3.05) is 0 Å². The fourth-order valence-electron chi connectivity index (χ4n) is 2.94. The van der Waals surface area contributed by atoms with E-state index in [1.165, 1.54) is 25.7 Å². The lowest BCUT2D eigenvalue weighted by Gasteiger charge is -2.08. The van der Waals surface area contributed by atoms with E-state index in [4.69, 9.17) is 0 Å². The Morgan fingerprint density at radius 3 is 2.81 bits per heavy atom. The summed E-state index contributed by atoms with van der Waals surface area (Å²) in [6.45, 7) is 3.66. The van der Waals surface area contributed by atoms with Crippen LogP contribution in [-0.2, 0) is 6.42 Å². The molecule has 0 unspecified atom stereocenters. The highest BCUT2D eigenvalue weighted by atomic mass is 16.1. The van der Waals surface area contributed by atoms with Gasteiger partial charge in [-0.1, -0.05) is 12.8 Å². The fourth-order valence-corrected chi connectivity index (χ4v) is 2.94. The van der Waals surface area contributed by atoms with E-state index in [0.717, 1.165) is 11.4 Å². The van der Waals surface area contributed by atoms with Gasteiger partial charge >= 0.3 is 0 Å². The van der Waals surface area contributed by atoms with Crippen LogP contribution in [0.5, 0.6) is 0 Å². The van der Waals surface area contributed by atoms with Crippen LogP contribution in [0.25, 0.3) is 0 Å². The Kier molecular flexibility index (Phi) is 3.82. The first kappa shape index (κ1) is 13.9. The fraction of sp³-hybridized carbons (Fsp3) is 0.500. The summed E-state index contributed by atoms with van der Waals surface area (Å²) in [6.07, 6.45) is 7.27. The van der Waals surface area contributed by atoms with Crippen LogP contribution >= 0.6 is 0 Å². The van der Waals surface area contributed by atoms with Gasteiger partial charge in [0.25, 0.3) is 0 Å². The number of hydrogen-bond acceptors (Lipinski definition) is 4. The van der Waals surface area contributed by atoms with Crippen LogP contribution in [0.3, 0.4) is 0 Å². The third-order valence-electron chi connectivity index (χ3n) is 4.11. The molecule has 1 aliphatic rings. The van der Waals surface area contributed by atoms with Gasteiger partial charge in [-0.25, -0.2) is 0 Å². The Labute approximate surface area is 124 Å². The van der Waals surface area contributed by atoms with E-state index < -0.39 is 0 Å². The first-order valence-corrected chi connectivity index (χ1v) is 7.51. The third kappa shape index (κ3) is 3.01. The van der Waals surface area contributed by atoms with E-state index in [1.54, 1.807) is 6.07 Å². The average Bonchev–Trinajstić information content (AvgIpc) is 3.11. The van der Waals surface area contributed by atoms with E-state index in [2.05, 4.69) is 15.3 Å². The smallest absolute Gasteiger partial charge is 0.170 e. The Hall–Kier alpha value is -2.04. The summed E-state index contributed by atoms with van der Waals surface area (Å²) in [5, 5.41) is 12.5. The maximum absolute atomic E-state index is 12.4. The van der Waals surface area contributed by atoms with E-state index >= 15 is 0 Å². The lowest BCUT2D eigenvalue weighted by atomic mass is 10.1. The van der Waals surface area contributed by atoms with Gasteiger partial charge in [0.05, 0.1) is 29.5 Å². The molecule has 0 aliphatic heterocycles. The van der Waals surface area contributed by atoms with Crippen molar-refractivity contribution in [3.8, 4) is 0 Å². The van der Waals surface area contributed by atoms with Gasteiger partial charge in [0.15, 0.2) is 5.78 Å². The highest BCUT2D eigenvalue weighted by Gasteiger charge is 2.19. The molecule has 2 heterocycles. The molecule has 2 aromatic rings. The predicted octanol–water partition coefficient (Wildman–Crippen LogP) is 2.83. The maximum atomic E-state index is 12.4. The Balaban J connectivity index is 1.74. The molecular formula is C16H20N4O. The Morgan fingerprint density at radius 1 is 1.29 bits per heavy atom. The van der Waals surface area contributed by atoms with Gasteiger partial charge in [-0.3, -0.25) is 9.48 Å². The SMILES string of the molecule is Cc1cc(C(=O)Cc2ccn(C3CCCC3)n2)c(C)nn1. The highest BCUT2D eigenvalue weighted by molar-refractivity contribution is 5.98. The molecular weight excluding hydrogens is 264 g/mol. The zero-order chi connectivity index (χ0) is 14.8. The van der Waals surface area contributed by atoms with Gasteiger partial charge in [0, 0.05) is 11.8 Å². The van der Waals surface area contributed by atoms with Crippen LogP contribution in [0.1, 0.15) is 59.2 Å². The average molecular weight is 284 g/mol. The molecule has 1 fully saturated rings. The summed E-state index contributed by atoms with van der Waals surface area (Å²) in [4.78, 5) is 12.4. The molecule has 0 saturated heterocycles. The predicted molar refractivity (Wildman–Crippen MR) is 79.3 cm³/mol. The van der Waals surface area contributed by atoms with Crippen molar-refractivity contribution < 1.29 is 4.79 Å². The topological polar surface area (TPSA) is 60.7 Å². The minimum atomic E-state index is 0.0576. The zero-order valence-electron chi connectivity index (χ0n) is 12.5. The van der Waals surface area contributed by atoms with Gasteiger partial charge in [0.1, 0.15) is 0 Å². The number of ketones is 1. The van der Waals surface area contributed by atoms with Gasteiger partial charge in [-0.05, 0) is 38.8 Å². The Bertz CT molecular complexity index is 656. The minimum Gasteiger partial charge on any atom is -0.294 e. The second kappa shape index (κ2) is 5.76. The molecule has 5 heteroatoms. The van der Waals surface area contributed by atoms with Crippen molar-refractivity contribution in [3.05, 3.63) is 41.0 Å². The summed E-state index contributed by atoms with van der Waals surface area (Å²) >= 11 is 0. The monoisotopic (exact) mass is 284 g/mol. The molecule has 5 nitrogen and oxygen atoms in total. The summed E-state index contributed by atoms with van der Waals surface area (Å²) in [7, 11) is 0.